The second-order valence-electron chi connectivity index (χ2n) is 8.79. The Balaban J connectivity index is 1.66. The Hall–Kier alpha value is -1.32. The third kappa shape index (κ3) is 1.96. The minimum Gasteiger partial charge on any atom is -0.369 e. The van der Waals surface area contributed by atoms with Gasteiger partial charge < -0.3 is 11.1 Å². The van der Waals surface area contributed by atoms with Crippen LogP contribution in [0.5, 0.6) is 0 Å². The van der Waals surface area contributed by atoms with E-state index in [-0.39, 0.29) is 34.6 Å². The lowest BCUT2D eigenvalue weighted by atomic mass is 9.48. The molecule has 4 rings (SSSR count). The molecular formula is C19H28N2O2. The summed E-state index contributed by atoms with van der Waals surface area (Å²) in [7, 11) is 0. The lowest BCUT2D eigenvalue weighted by Crippen LogP contribution is -2.59. The monoisotopic (exact) mass is 316 g/mol. The van der Waals surface area contributed by atoms with Gasteiger partial charge in [-0.2, -0.15) is 0 Å². The molecule has 4 aliphatic rings. The second kappa shape index (κ2) is 4.84. The minimum atomic E-state index is -0.0989. The molecule has 0 aromatic rings. The summed E-state index contributed by atoms with van der Waals surface area (Å²) >= 11 is 0. The van der Waals surface area contributed by atoms with Crippen molar-refractivity contribution in [3.8, 4) is 0 Å². The molecule has 1 aliphatic heterocycles. The van der Waals surface area contributed by atoms with E-state index in [0.717, 1.165) is 32.1 Å². The van der Waals surface area contributed by atoms with Crippen LogP contribution in [0.4, 0.5) is 0 Å². The average Bonchev–Trinajstić information content (AvgIpc) is 2.85. The van der Waals surface area contributed by atoms with E-state index in [1.165, 1.54) is 6.42 Å². The molecule has 1 heterocycles. The van der Waals surface area contributed by atoms with Crippen LogP contribution in [0.15, 0.2) is 12.2 Å². The number of hydrogen-bond donors (Lipinski definition) is 2. The van der Waals surface area contributed by atoms with Crippen molar-refractivity contribution in [2.24, 2.45) is 40.2 Å². The lowest BCUT2D eigenvalue weighted by Gasteiger charge is -2.58. The zero-order valence-electron chi connectivity index (χ0n) is 14.2. The molecular weight excluding hydrogens is 288 g/mol. The van der Waals surface area contributed by atoms with Crippen LogP contribution >= 0.6 is 0 Å². The van der Waals surface area contributed by atoms with Gasteiger partial charge in [0.2, 0.25) is 11.8 Å². The van der Waals surface area contributed by atoms with Gasteiger partial charge in [-0.05, 0) is 67.8 Å². The molecule has 0 spiro atoms. The number of hydrogen-bond acceptors (Lipinski definition) is 2. The van der Waals surface area contributed by atoms with Gasteiger partial charge in [0.05, 0.1) is 0 Å². The van der Waals surface area contributed by atoms with Gasteiger partial charge >= 0.3 is 0 Å². The van der Waals surface area contributed by atoms with Crippen LogP contribution < -0.4 is 11.1 Å². The summed E-state index contributed by atoms with van der Waals surface area (Å²) in [4.78, 5) is 23.6. The largest absolute Gasteiger partial charge is 0.369 e. The summed E-state index contributed by atoms with van der Waals surface area (Å²) in [6.07, 6.45) is 10.5. The molecule has 0 bridgehead atoms. The maximum atomic E-state index is 11.9. The molecule has 4 nitrogen and oxygen atoms in total. The molecule has 23 heavy (non-hydrogen) atoms. The highest BCUT2D eigenvalue weighted by atomic mass is 16.2. The van der Waals surface area contributed by atoms with E-state index in [1.54, 1.807) is 6.08 Å². The first-order valence-electron chi connectivity index (χ1n) is 9.15. The number of fused-ring (bicyclic) bond motifs is 5. The third-order valence-corrected chi connectivity index (χ3v) is 8.03. The van der Waals surface area contributed by atoms with E-state index < -0.39 is 0 Å². The molecule has 0 radical (unpaired) electrons. The first-order valence-corrected chi connectivity index (χ1v) is 9.15. The van der Waals surface area contributed by atoms with Gasteiger partial charge in [-0.15, -0.1) is 0 Å². The molecule has 0 aromatic carbocycles. The number of nitrogens with two attached hydrogens (primary N) is 1. The smallest absolute Gasteiger partial charge is 0.243 e. The van der Waals surface area contributed by atoms with Crippen molar-refractivity contribution in [3.05, 3.63) is 12.2 Å². The molecule has 0 unspecified atom stereocenters. The molecule has 4 heteroatoms. The van der Waals surface area contributed by atoms with Crippen LogP contribution in [0.2, 0.25) is 0 Å². The Bertz CT molecular complexity index is 586. The van der Waals surface area contributed by atoms with Gasteiger partial charge in [-0.3, -0.25) is 9.59 Å². The second-order valence-corrected chi connectivity index (χ2v) is 8.79. The summed E-state index contributed by atoms with van der Waals surface area (Å²) in [5.41, 5.74) is 5.88. The fraction of sp³-hybridized carbons (Fsp3) is 0.789. The van der Waals surface area contributed by atoms with Crippen molar-refractivity contribution in [1.82, 2.24) is 5.32 Å². The number of nitrogens with one attached hydrogen (secondary N) is 1. The van der Waals surface area contributed by atoms with Crippen molar-refractivity contribution in [2.45, 2.75) is 58.4 Å². The van der Waals surface area contributed by atoms with Crippen molar-refractivity contribution < 1.29 is 9.59 Å². The van der Waals surface area contributed by atoms with E-state index in [9.17, 15) is 9.59 Å². The van der Waals surface area contributed by atoms with Crippen molar-refractivity contribution in [2.75, 3.05) is 0 Å². The SMILES string of the molecule is C[C@]12C=CC(=O)N[C@@H]1CC[C@@H]1[C@@H]2CC[C@]2(C)[C@@H](C(N)=O)CC[C@@H]12. The van der Waals surface area contributed by atoms with Crippen LogP contribution in [0.25, 0.3) is 0 Å². The van der Waals surface area contributed by atoms with E-state index >= 15 is 0 Å². The number of amides is 2. The number of primary amides is 1. The summed E-state index contributed by atoms with van der Waals surface area (Å²) in [6.45, 7) is 4.64. The van der Waals surface area contributed by atoms with Crippen molar-refractivity contribution in [3.63, 3.8) is 0 Å². The van der Waals surface area contributed by atoms with Crippen molar-refractivity contribution >= 4 is 11.8 Å². The molecule has 3 saturated carbocycles. The van der Waals surface area contributed by atoms with Gasteiger partial charge in [-0.1, -0.05) is 19.9 Å². The Labute approximate surface area is 138 Å². The van der Waals surface area contributed by atoms with Gasteiger partial charge in [0.1, 0.15) is 0 Å². The molecule has 3 aliphatic carbocycles. The lowest BCUT2D eigenvalue weighted by molar-refractivity contribution is -0.131. The minimum absolute atomic E-state index is 0.0561. The normalized spacial score (nSPS) is 51.4. The van der Waals surface area contributed by atoms with Crippen LogP contribution in [0.3, 0.4) is 0 Å². The molecule has 3 fully saturated rings. The predicted octanol–water partition coefficient (Wildman–Crippen LogP) is 2.39. The van der Waals surface area contributed by atoms with E-state index in [1.807, 2.05) is 0 Å². The van der Waals surface area contributed by atoms with E-state index in [2.05, 4.69) is 25.2 Å². The van der Waals surface area contributed by atoms with Gasteiger partial charge in [0.15, 0.2) is 0 Å². The maximum Gasteiger partial charge on any atom is 0.243 e. The Morgan fingerprint density at radius 1 is 1.17 bits per heavy atom. The summed E-state index contributed by atoms with van der Waals surface area (Å²) in [5.74, 6) is 1.91. The molecule has 0 aromatic heterocycles. The zero-order chi connectivity index (χ0) is 16.4. The van der Waals surface area contributed by atoms with Gasteiger partial charge in [0.25, 0.3) is 0 Å². The van der Waals surface area contributed by atoms with Crippen LogP contribution in [0, 0.1) is 34.5 Å². The Kier molecular flexibility index (Phi) is 3.20. The molecule has 2 amide bonds. The molecule has 7 atom stereocenters. The van der Waals surface area contributed by atoms with Crippen LogP contribution in [0.1, 0.15) is 52.4 Å². The van der Waals surface area contributed by atoms with Gasteiger partial charge in [-0.25, -0.2) is 0 Å². The average molecular weight is 316 g/mol. The number of rotatable bonds is 1. The molecule has 0 saturated heterocycles. The first kappa shape index (κ1) is 15.2. The highest BCUT2D eigenvalue weighted by molar-refractivity contribution is 5.89. The predicted molar refractivity (Wildman–Crippen MR) is 88.1 cm³/mol. The fourth-order valence-corrected chi connectivity index (χ4v) is 6.80. The maximum absolute atomic E-state index is 11.9. The van der Waals surface area contributed by atoms with E-state index in [4.69, 9.17) is 5.73 Å². The highest BCUT2D eigenvalue weighted by Gasteiger charge is 2.60. The zero-order valence-corrected chi connectivity index (χ0v) is 14.2. The fourth-order valence-electron chi connectivity index (χ4n) is 6.80. The summed E-state index contributed by atoms with van der Waals surface area (Å²) < 4.78 is 0. The standard InChI is InChI=1S/C19H28N2O2/c1-18-9-7-13-11(12(18)4-5-14(18)17(20)23)3-6-15-19(13,2)10-8-16(22)21-15/h8,10-15H,3-7,9H2,1-2H3,(H2,20,23)(H,21,22)/t11-,12-,13-,14+,15+,18-,19+/m0/s1. The topological polar surface area (TPSA) is 72.2 Å². The number of carbonyl (C=O) groups is 2. The molecule has 126 valence electrons. The first-order chi connectivity index (χ1) is 10.9. The van der Waals surface area contributed by atoms with Crippen LogP contribution in [-0.4, -0.2) is 17.9 Å². The van der Waals surface area contributed by atoms with E-state index in [0.29, 0.717) is 17.8 Å². The van der Waals surface area contributed by atoms with Gasteiger partial charge in [0, 0.05) is 17.4 Å². The quantitative estimate of drug-likeness (QED) is 0.779. The Morgan fingerprint density at radius 2 is 1.96 bits per heavy atom. The highest BCUT2D eigenvalue weighted by Crippen LogP contribution is 2.64. The van der Waals surface area contributed by atoms with Crippen LogP contribution in [-0.2, 0) is 9.59 Å². The summed E-state index contributed by atoms with van der Waals surface area (Å²) in [5, 5.41) is 3.19. The summed E-state index contributed by atoms with van der Waals surface area (Å²) in [6, 6.07) is 0.277. The third-order valence-electron chi connectivity index (χ3n) is 8.03. The Morgan fingerprint density at radius 3 is 2.70 bits per heavy atom. The van der Waals surface area contributed by atoms with Crippen molar-refractivity contribution in [1.29, 1.82) is 0 Å². The molecule has 3 N–H and O–H groups in total. The number of carbonyl (C=O) groups excluding carboxylic acids is 2.